The van der Waals surface area contributed by atoms with Crippen molar-refractivity contribution in [2.45, 2.75) is 13.8 Å². The molecule has 2 amide bonds. The molecular weight excluding hydrogens is 290 g/mol. The molecule has 5 nitrogen and oxygen atoms in total. The van der Waals surface area contributed by atoms with Gasteiger partial charge in [-0.1, -0.05) is 19.9 Å². The summed E-state index contributed by atoms with van der Waals surface area (Å²) in [6.07, 6.45) is 1.67. The van der Waals surface area contributed by atoms with Crippen LogP contribution in [-0.4, -0.2) is 24.4 Å². The van der Waals surface area contributed by atoms with Crippen molar-refractivity contribution < 1.29 is 19.1 Å². The molecule has 6 heteroatoms. The van der Waals surface area contributed by atoms with Crippen molar-refractivity contribution in [3.8, 4) is 11.5 Å². The van der Waals surface area contributed by atoms with E-state index in [1.807, 2.05) is 18.2 Å². The van der Waals surface area contributed by atoms with Gasteiger partial charge in [0, 0.05) is 5.41 Å². The predicted octanol–water partition coefficient (Wildman–Crippen LogP) is 2.81. The molecule has 0 radical (unpaired) electrons. The van der Waals surface area contributed by atoms with E-state index in [1.165, 1.54) is 0 Å². The summed E-state index contributed by atoms with van der Waals surface area (Å²) < 4.78 is 11.5. The van der Waals surface area contributed by atoms with Gasteiger partial charge >= 0.3 is 0 Å². The summed E-state index contributed by atoms with van der Waals surface area (Å²) in [5.74, 6) is 0.991. The van der Waals surface area contributed by atoms with Crippen LogP contribution in [0.4, 0.5) is 4.79 Å². The van der Waals surface area contributed by atoms with Crippen LogP contribution in [0.5, 0.6) is 11.5 Å². The Balaban J connectivity index is 1.87. The number of carbonyl (C=O) groups is 2. The van der Waals surface area contributed by atoms with Gasteiger partial charge in [0.1, 0.15) is 0 Å². The van der Waals surface area contributed by atoms with Crippen molar-refractivity contribution in [2.24, 2.45) is 5.41 Å². The molecule has 110 valence electrons. The first-order chi connectivity index (χ1) is 9.93. The molecule has 1 aromatic rings. The number of hydrogen-bond acceptors (Lipinski definition) is 5. The van der Waals surface area contributed by atoms with Crippen molar-refractivity contribution in [1.82, 2.24) is 5.32 Å². The SMILES string of the molecule is CC1(C)COc2ccc(/C=C3/SC(=O)NC3=O)cc2OC1. The number of ether oxygens (including phenoxy) is 2. The van der Waals surface area contributed by atoms with E-state index < -0.39 is 0 Å². The number of nitrogens with one attached hydrogen (secondary N) is 1. The largest absolute Gasteiger partial charge is 0.489 e. The van der Waals surface area contributed by atoms with Gasteiger partial charge in [-0.3, -0.25) is 14.9 Å². The van der Waals surface area contributed by atoms with E-state index in [-0.39, 0.29) is 16.6 Å². The minimum absolute atomic E-state index is 0.0503. The molecule has 0 spiro atoms. The summed E-state index contributed by atoms with van der Waals surface area (Å²) in [7, 11) is 0. The zero-order valence-corrected chi connectivity index (χ0v) is 12.6. The summed E-state index contributed by atoms with van der Waals surface area (Å²) in [4.78, 5) is 23.1. The van der Waals surface area contributed by atoms with Gasteiger partial charge in [-0.15, -0.1) is 0 Å². The van der Waals surface area contributed by atoms with E-state index in [2.05, 4.69) is 19.2 Å². The van der Waals surface area contributed by atoms with Gasteiger partial charge in [0.25, 0.3) is 11.1 Å². The van der Waals surface area contributed by atoms with E-state index in [1.54, 1.807) is 6.08 Å². The molecule has 3 rings (SSSR count). The second-order valence-corrected chi connectivity index (χ2v) is 6.81. The summed E-state index contributed by atoms with van der Waals surface area (Å²) in [5.41, 5.74) is 0.745. The number of fused-ring (bicyclic) bond motifs is 1. The van der Waals surface area contributed by atoms with Gasteiger partial charge < -0.3 is 9.47 Å². The molecule has 0 unspecified atom stereocenters. The number of carbonyl (C=O) groups excluding carboxylic acids is 2. The lowest BCUT2D eigenvalue weighted by atomic mass is 9.97. The third-order valence-corrected chi connectivity index (χ3v) is 3.96. The highest BCUT2D eigenvalue weighted by molar-refractivity contribution is 8.18. The molecule has 2 heterocycles. The van der Waals surface area contributed by atoms with Gasteiger partial charge in [-0.25, -0.2) is 0 Å². The predicted molar refractivity (Wildman–Crippen MR) is 80.3 cm³/mol. The first-order valence-electron chi connectivity index (χ1n) is 6.57. The highest BCUT2D eigenvalue weighted by Crippen LogP contribution is 2.35. The van der Waals surface area contributed by atoms with Crippen LogP contribution in [0.2, 0.25) is 0 Å². The van der Waals surface area contributed by atoms with Crippen molar-refractivity contribution in [3.63, 3.8) is 0 Å². The molecule has 0 atom stereocenters. The second kappa shape index (κ2) is 5.11. The normalized spacial score (nSPS) is 22.1. The summed E-state index contributed by atoms with van der Waals surface area (Å²) in [6.45, 7) is 5.31. The van der Waals surface area contributed by atoms with Crippen LogP contribution >= 0.6 is 11.8 Å². The molecular formula is C15H15NO4S. The number of imide groups is 1. The van der Waals surface area contributed by atoms with Gasteiger partial charge in [0.05, 0.1) is 18.1 Å². The Kier molecular flexibility index (Phi) is 3.41. The Morgan fingerprint density at radius 3 is 2.57 bits per heavy atom. The maximum Gasteiger partial charge on any atom is 0.290 e. The molecule has 1 N–H and O–H groups in total. The zero-order chi connectivity index (χ0) is 15.0. The van der Waals surface area contributed by atoms with Crippen molar-refractivity contribution in [1.29, 1.82) is 0 Å². The number of amides is 2. The number of benzene rings is 1. The Hall–Kier alpha value is -1.95. The molecule has 1 saturated heterocycles. The Labute approximate surface area is 126 Å². The third kappa shape index (κ3) is 3.05. The summed E-state index contributed by atoms with van der Waals surface area (Å²) in [6, 6.07) is 5.48. The fourth-order valence-corrected chi connectivity index (χ4v) is 2.69. The standard InChI is InChI=1S/C15H15NO4S/c1-15(2)7-19-10-4-3-9(5-11(10)20-8-15)6-12-13(17)16-14(18)21-12/h3-6H,7-8H2,1-2H3,(H,16,17,18)/b12-6+. The van der Waals surface area contributed by atoms with Crippen LogP contribution in [0.3, 0.4) is 0 Å². The Morgan fingerprint density at radius 2 is 1.90 bits per heavy atom. The highest BCUT2D eigenvalue weighted by Gasteiger charge is 2.27. The van der Waals surface area contributed by atoms with Gasteiger partial charge in [-0.05, 0) is 35.5 Å². The quantitative estimate of drug-likeness (QED) is 0.808. The highest BCUT2D eigenvalue weighted by atomic mass is 32.2. The minimum atomic E-state index is -0.363. The average molecular weight is 305 g/mol. The smallest absolute Gasteiger partial charge is 0.290 e. The lowest BCUT2D eigenvalue weighted by molar-refractivity contribution is -0.115. The first kappa shape index (κ1) is 14.0. The van der Waals surface area contributed by atoms with Gasteiger partial charge in [-0.2, -0.15) is 0 Å². The van der Waals surface area contributed by atoms with Crippen molar-refractivity contribution in [2.75, 3.05) is 13.2 Å². The summed E-state index contributed by atoms with van der Waals surface area (Å²) in [5, 5.41) is 1.89. The molecule has 21 heavy (non-hydrogen) atoms. The number of rotatable bonds is 1. The maximum absolute atomic E-state index is 11.5. The van der Waals surface area contributed by atoms with Crippen LogP contribution in [0.15, 0.2) is 23.1 Å². The first-order valence-corrected chi connectivity index (χ1v) is 7.39. The van der Waals surface area contributed by atoms with E-state index in [0.29, 0.717) is 29.6 Å². The van der Waals surface area contributed by atoms with Crippen LogP contribution in [0.1, 0.15) is 19.4 Å². The number of thioether (sulfide) groups is 1. The fraction of sp³-hybridized carbons (Fsp3) is 0.333. The van der Waals surface area contributed by atoms with Gasteiger partial charge in [0.2, 0.25) is 0 Å². The lowest BCUT2D eigenvalue weighted by Crippen LogP contribution is -2.26. The summed E-state index contributed by atoms with van der Waals surface area (Å²) >= 11 is 0.899. The maximum atomic E-state index is 11.5. The zero-order valence-electron chi connectivity index (χ0n) is 11.8. The minimum Gasteiger partial charge on any atom is -0.489 e. The molecule has 0 bridgehead atoms. The van der Waals surface area contributed by atoms with E-state index >= 15 is 0 Å². The molecule has 1 aromatic carbocycles. The Morgan fingerprint density at radius 1 is 1.19 bits per heavy atom. The average Bonchev–Trinajstić information content (AvgIpc) is 2.64. The van der Waals surface area contributed by atoms with Crippen LogP contribution in [0, 0.1) is 5.41 Å². The fourth-order valence-electron chi connectivity index (χ4n) is 2.01. The molecule has 0 saturated carbocycles. The molecule has 2 aliphatic heterocycles. The monoisotopic (exact) mass is 305 g/mol. The van der Waals surface area contributed by atoms with Crippen molar-refractivity contribution >= 4 is 29.0 Å². The van der Waals surface area contributed by atoms with E-state index in [4.69, 9.17) is 9.47 Å². The Bertz CT molecular complexity index is 651. The van der Waals surface area contributed by atoms with Crippen LogP contribution < -0.4 is 14.8 Å². The van der Waals surface area contributed by atoms with Crippen LogP contribution in [0.25, 0.3) is 6.08 Å². The molecule has 0 aliphatic carbocycles. The van der Waals surface area contributed by atoms with Crippen molar-refractivity contribution in [3.05, 3.63) is 28.7 Å². The lowest BCUT2D eigenvalue weighted by Gasteiger charge is -2.19. The third-order valence-electron chi connectivity index (χ3n) is 3.14. The van der Waals surface area contributed by atoms with Gasteiger partial charge in [0.15, 0.2) is 11.5 Å². The molecule has 0 aromatic heterocycles. The van der Waals surface area contributed by atoms with Crippen LogP contribution in [-0.2, 0) is 4.79 Å². The molecule has 1 fully saturated rings. The second-order valence-electron chi connectivity index (χ2n) is 5.80. The number of hydrogen-bond donors (Lipinski definition) is 1. The topological polar surface area (TPSA) is 64.6 Å². The van der Waals surface area contributed by atoms with E-state index in [0.717, 1.165) is 17.3 Å². The molecule has 2 aliphatic rings. The van der Waals surface area contributed by atoms with E-state index in [9.17, 15) is 9.59 Å².